The van der Waals surface area contributed by atoms with Crippen molar-refractivity contribution in [3.63, 3.8) is 0 Å². The number of hydrogen-bond acceptors (Lipinski definition) is 5. The molecule has 5 nitrogen and oxygen atoms in total. The number of hydrazone groups is 1. The van der Waals surface area contributed by atoms with Gasteiger partial charge in [-0.1, -0.05) is 29.5 Å². The van der Waals surface area contributed by atoms with Crippen LogP contribution in [0.2, 0.25) is 0 Å². The molecule has 1 N–H and O–H groups in total. The molecule has 0 amide bonds. The van der Waals surface area contributed by atoms with Gasteiger partial charge in [-0.15, -0.1) is 0 Å². The van der Waals surface area contributed by atoms with Gasteiger partial charge in [-0.05, 0) is 25.1 Å². The number of benzene rings is 1. The third-order valence-corrected chi connectivity index (χ3v) is 3.90. The molecule has 0 bridgehead atoms. The number of thiazole rings is 1. The molecule has 1 unspecified atom stereocenters. The third-order valence-electron chi connectivity index (χ3n) is 2.96. The van der Waals surface area contributed by atoms with Crippen molar-refractivity contribution in [3.05, 3.63) is 53.6 Å². The molecule has 0 saturated heterocycles. The maximum atomic E-state index is 11.6. The Morgan fingerprint density at radius 1 is 1.40 bits per heavy atom. The first kappa shape index (κ1) is 12.7. The number of nitroso groups, excluding NO2 is 1. The van der Waals surface area contributed by atoms with Crippen molar-refractivity contribution in [3.8, 4) is 0 Å². The van der Waals surface area contributed by atoms with E-state index in [-0.39, 0.29) is 6.04 Å². The predicted molar refractivity (Wildman–Crippen MR) is 82.0 cm³/mol. The van der Waals surface area contributed by atoms with Crippen LogP contribution in [0.4, 0.5) is 5.13 Å². The number of allylic oxidation sites excluding steroid dienone is 2. The molecule has 100 valence electrons. The molecule has 1 aliphatic heterocycles. The normalized spacial score (nSPS) is 18.8. The fourth-order valence-corrected chi connectivity index (χ4v) is 2.74. The molecule has 0 radical (unpaired) electrons. The van der Waals surface area contributed by atoms with Gasteiger partial charge in [-0.3, -0.25) is 5.43 Å². The minimum atomic E-state index is -0.359. The monoisotopic (exact) mass is 285 g/mol. The molecular weight excluding hydrogens is 272 g/mol. The average Bonchev–Trinajstić information content (AvgIpc) is 2.88. The van der Waals surface area contributed by atoms with Crippen molar-refractivity contribution < 1.29 is 4.76 Å². The molecule has 20 heavy (non-hydrogen) atoms. The lowest BCUT2D eigenvalue weighted by Crippen LogP contribution is -2.27. The first-order valence-electron chi connectivity index (χ1n) is 6.20. The molecule has 2 heterocycles. The Kier molecular flexibility index (Phi) is 3.39. The zero-order valence-corrected chi connectivity index (χ0v) is 11.7. The number of rotatable bonds is 3. The Morgan fingerprint density at radius 2 is 2.25 bits per heavy atom. The highest BCUT2D eigenvalue weighted by Crippen LogP contribution is 2.25. The number of nitrogens with zero attached hydrogens (tertiary/aromatic N) is 3. The van der Waals surface area contributed by atoms with Crippen LogP contribution in [0.15, 0.2) is 53.8 Å². The third kappa shape index (κ3) is 2.50. The predicted octanol–water partition coefficient (Wildman–Crippen LogP) is 3.32. The van der Waals surface area contributed by atoms with Gasteiger partial charge < -0.3 is 0 Å². The van der Waals surface area contributed by atoms with Crippen LogP contribution in [0.1, 0.15) is 6.92 Å². The van der Waals surface area contributed by atoms with Gasteiger partial charge in [-0.25, -0.2) is 4.98 Å². The van der Waals surface area contributed by atoms with Gasteiger partial charge in [0.05, 0.1) is 10.2 Å². The first-order valence-corrected chi connectivity index (χ1v) is 7.02. The van der Waals surface area contributed by atoms with Crippen molar-refractivity contribution in [2.45, 2.75) is 13.0 Å². The van der Waals surface area contributed by atoms with Crippen LogP contribution in [0.3, 0.4) is 0 Å². The van der Waals surface area contributed by atoms with Crippen LogP contribution in [0.25, 0.3) is 10.2 Å². The minimum Gasteiger partial charge on any atom is -0.252 e. The summed E-state index contributed by atoms with van der Waals surface area (Å²) in [6.45, 7) is 1.82. The fraction of sp³-hybridized carbons (Fsp3) is 0.143. The maximum Gasteiger partial charge on any atom is 0.265 e. The second kappa shape index (κ2) is 5.34. The average molecular weight is 285 g/mol. The summed E-state index contributed by atoms with van der Waals surface area (Å²) < 4.78 is 1.98. The molecule has 3 rings (SSSR count). The summed E-state index contributed by atoms with van der Waals surface area (Å²) in [7, 11) is 0. The number of para-hydroxylation sites is 1. The summed E-state index contributed by atoms with van der Waals surface area (Å²) in [5.41, 5.74) is 4.56. The summed E-state index contributed by atoms with van der Waals surface area (Å²) in [5.74, 6) is 0. The van der Waals surface area contributed by atoms with Gasteiger partial charge in [0, 0.05) is 15.7 Å². The second-order valence-corrected chi connectivity index (χ2v) is 5.41. The van der Waals surface area contributed by atoms with Crippen molar-refractivity contribution in [2.24, 2.45) is 5.10 Å². The smallest absolute Gasteiger partial charge is 0.252 e. The summed E-state index contributed by atoms with van der Waals surface area (Å²) in [4.78, 5) is 16.1. The first-order chi connectivity index (χ1) is 9.74. The number of nitrogens with one attached hydrogen (secondary N) is 1. The molecule has 1 atom stereocenters. The summed E-state index contributed by atoms with van der Waals surface area (Å²) >= 11 is 1.53. The Labute approximate surface area is 119 Å². The summed E-state index contributed by atoms with van der Waals surface area (Å²) in [6.07, 6.45) is 6.85. The van der Waals surface area contributed by atoms with E-state index in [1.807, 2.05) is 43.3 Å². The van der Waals surface area contributed by atoms with Gasteiger partial charge in [0.25, 0.3) is 6.04 Å². The Balaban J connectivity index is 1.77. The minimum absolute atomic E-state index is 0.359. The van der Waals surface area contributed by atoms with Crippen LogP contribution in [-0.2, 0) is 0 Å². The number of fused-ring (bicyclic) bond motifs is 1. The number of aromatic nitrogens is 1. The van der Waals surface area contributed by atoms with Gasteiger partial charge in [0.1, 0.15) is 5.71 Å². The van der Waals surface area contributed by atoms with Crippen molar-refractivity contribution in [2.75, 3.05) is 5.43 Å². The highest BCUT2D eigenvalue weighted by Gasteiger charge is 2.25. The summed E-state index contributed by atoms with van der Waals surface area (Å²) in [6, 6.07) is 7.55. The highest BCUT2D eigenvalue weighted by atomic mass is 32.1. The van der Waals surface area contributed by atoms with Crippen molar-refractivity contribution in [1.82, 2.24) is 4.98 Å². The number of anilines is 1. The van der Waals surface area contributed by atoms with Crippen LogP contribution in [-0.4, -0.2) is 21.5 Å². The highest BCUT2D eigenvalue weighted by molar-refractivity contribution is 7.22. The van der Waals surface area contributed by atoms with E-state index in [9.17, 15) is 4.91 Å². The molecule has 0 fully saturated rings. The zero-order chi connectivity index (χ0) is 13.9. The van der Waals surface area contributed by atoms with E-state index in [4.69, 9.17) is 0 Å². The fourth-order valence-electron chi connectivity index (χ4n) is 1.93. The molecular formula is C14H13N4OS+. The SMILES string of the molecule is C/C(=N\Nc1nc2ccccc2s1)C1C=CC=C[N+]1=O. The molecule has 1 aromatic carbocycles. The Hall–Kier alpha value is -2.34. The molecule has 2 aromatic rings. The van der Waals surface area contributed by atoms with Crippen LogP contribution in [0, 0.1) is 4.91 Å². The lowest BCUT2D eigenvalue weighted by Gasteiger charge is -2.04. The standard InChI is InChI=1S/C14H13N4OS/c1-10(12-7-4-5-9-18(12)19)16-17-14-15-11-6-2-3-8-13(11)20-14/h2-9,12H,1H3,(H,15,17)/q+1/b16-10+. The molecule has 0 aliphatic carbocycles. The van der Waals surface area contributed by atoms with E-state index in [1.54, 1.807) is 6.08 Å². The van der Waals surface area contributed by atoms with Crippen LogP contribution >= 0.6 is 11.3 Å². The van der Waals surface area contributed by atoms with Gasteiger partial charge >= 0.3 is 0 Å². The van der Waals surface area contributed by atoms with Crippen LogP contribution < -0.4 is 5.43 Å². The van der Waals surface area contributed by atoms with Crippen molar-refractivity contribution in [1.29, 1.82) is 0 Å². The molecule has 6 heteroatoms. The van der Waals surface area contributed by atoms with Gasteiger partial charge in [-0.2, -0.15) is 5.10 Å². The van der Waals surface area contributed by atoms with E-state index >= 15 is 0 Å². The van der Waals surface area contributed by atoms with E-state index in [1.165, 1.54) is 17.5 Å². The van der Waals surface area contributed by atoms with Crippen LogP contribution in [0.5, 0.6) is 0 Å². The molecule has 1 aromatic heterocycles. The van der Waals surface area contributed by atoms with Crippen molar-refractivity contribution >= 4 is 32.4 Å². The largest absolute Gasteiger partial charge is 0.265 e. The lowest BCUT2D eigenvalue weighted by molar-refractivity contribution is -0.491. The Morgan fingerprint density at radius 3 is 3.05 bits per heavy atom. The quantitative estimate of drug-likeness (QED) is 0.534. The summed E-state index contributed by atoms with van der Waals surface area (Å²) in [5, 5.41) is 4.97. The lowest BCUT2D eigenvalue weighted by atomic mass is 10.1. The molecule has 0 spiro atoms. The Bertz CT molecular complexity index is 711. The molecule has 1 aliphatic rings. The van der Waals surface area contributed by atoms with E-state index in [0.717, 1.165) is 20.1 Å². The number of hydrogen-bond donors (Lipinski definition) is 1. The topological polar surface area (TPSA) is 57.4 Å². The zero-order valence-electron chi connectivity index (χ0n) is 10.9. The van der Waals surface area contributed by atoms with E-state index < -0.39 is 0 Å². The van der Waals surface area contributed by atoms with E-state index in [2.05, 4.69) is 15.5 Å². The van der Waals surface area contributed by atoms with E-state index in [0.29, 0.717) is 5.71 Å². The maximum absolute atomic E-state index is 11.6. The van der Waals surface area contributed by atoms with Gasteiger partial charge in [0.15, 0.2) is 0 Å². The molecule has 0 saturated carbocycles. The second-order valence-electron chi connectivity index (χ2n) is 4.38. The van der Waals surface area contributed by atoms with Gasteiger partial charge in [0.2, 0.25) is 11.3 Å².